The second-order valence-electron chi connectivity index (χ2n) is 3.99. The highest BCUT2D eigenvalue weighted by atomic mass is 32.2. The molecule has 1 unspecified atom stereocenters. The number of hydrogen-bond donors (Lipinski definition) is 1. The van der Waals surface area contributed by atoms with Crippen molar-refractivity contribution in [2.45, 2.75) is 32.4 Å². The Morgan fingerprint density at radius 1 is 1.55 bits per heavy atom. The molecule has 0 aliphatic carbocycles. The number of anilines is 1. The summed E-state index contributed by atoms with van der Waals surface area (Å²) in [6.07, 6.45) is 0.172. The van der Waals surface area contributed by atoms with Crippen molar-refractivity contribution in [3.05, 3.63) is 16.5 Å². The zero-order valence-electron chi connectivity index (χ0n) is 11.5. The molecule has 1 heterocycles. The number of rotatable bonds is 6. The molecule has 20 heavy (non-hydrogen) atoms. The lowest BCUT2D eigenvalue weighted by Gasteiger charge is -2.11. The molecule has 0 amide bonds. The third-order valence-electron chi connectivity index (χ3n) is 2.47. The van der Waals surface area contributed by atoms with Gasteiger partial charge in [-0.05, 0) is 26.3 Å². The molecule has 6 nitrogen and oxygen atoms in total. The Labute approximate surface area is 122 Å². The van der Waals surface area contributed by atoms with Gasteiger partial charge in [-0.25, -0.2) is 13.2 Å². The maximum absolute atomic E-state index is 12.0. The van der Waals surface area contributed by atoms with Crippen molar-refractivity contribution < 1.29 is 17.9 Å². The highest BCUT2D eigenvalue weighted by molar-refractivity contribution is 7.93. The number of aryl methyl sites for hydroxylation is 1. The van der Waals surface area contributed by atoms with E-state index >= 15 is 0 Å². The number of sulfonamides is 1. The van der Waals surface area contributed by atoms with E-state index in [-0.39, 0.29) is 23.6 Å². The molecule has 0 spiro atoms. The Morgan fingerprint density at radius 2 is 2.20 bits per heavy atom. The number of thiophene rings is 1. The maximum atomic E-state index is 12.0. The Hall–Kier alpha value is -1.59. The van der Waals surface area contributed by atoms with Crippen LogP contribution < -0.4 is 4.72 Å². The van der Waals surface area contributed by atoms with Crippen molar-refractivity contribution in [3.8, 4) is 6.07 Å². The number of ether oxygens (including phenoxy) is 1. The molecule has 0 aromatic carbocycles. The summed E-state index contributed by atoms with van der Waals surface area (Å²) in [5.41, 5.74) is 0.172. The molecular formula is C12H16N2O4S2. The molecule has 0 aliphatic heterocycles. The first kappa shape index (κ1) is 16.5. The number of nitrogens with zero attached hydrogens (tertiary/aromatic N) is 1. The van der Waals surface area contributed by atoms with Gasteiger partial charge in [-0.3, -0.25) is 4.72 Å². The van der Waals surface area contributed by atoms with Crippen LogP contribution in [0.4, 0.5) is 5.00 Å². The van der Waals surface area contributed by atoms with Crippen molar-refractivity contribution in [1.82, 2.24) is 0 Å². The van der Waals surface area contributed by atoms with Crippen LogP contribution >= 0.6 is 11.3 Å². The van der Waals surface area contributed by atoms with Crippen molar-refractivity contribution in [2.24, 2.45) is 0 Å². The van der Waals surface area contributed by atoms with Gasteiger partial charge < -0.3 is 4.74 Å². The van der Waals surface area contributed by atoms with E-state index in [1.54, 1.807) is 32.9 Å². The highest BCUT2D eigenvalue weighted by Crippen LogP contribution is 2.30. The molecule has 110 valence electrons. The first-order valence-corrected chi connectivity index (χ1v) is 8.40. The van der Waals surface area contributed by atoms with Crippen LogP contribution in [0.15, 0.2) is 6.07 Å². The van der Waals surface area contributed by atoms with Crippen molar-refractivity contribution >= 4 is 32.3 Å². The van der Waals surface area contributed by atoms with Crippen molar-refractivity contribution in [1.29, 1.82) is 5.26 Å². The molecule has 1 N–H and O–H groups in total. The monoisotopic (exact) mass is 316 g/mol. The predicted octanol–water partition coefficient (Wildman–Crippen LogP) is 2.28. The van der Waals surface area contributed by atoms with E-state index in [4.69, 9.17) is 10.00 Å². The number of carbonyl (C=O) groups is 1. The molecule has 1 aromatic heterocycles. The van der Waals surface area contributed by atoms with Gasteiger partial charge in [-0.1, -0.05) is 6.92 Å². The van der Waals surface area contributed by atoms with Gasteiger partial charge in [0.2, 0.25) is 10.0 Å². The lowest BCUT2D eigenvalue weighted by atomic mass is 10.3. The van der Waals surface area contributed by atoms with Crippen LogP contribution in [0.1, 0.15) is 35.5 Å². The molecule has 0 saturated heterocycles. The normalized spacial score (nSPS) is 12.5. The summed E-state index contributed by atoms with van der Waals surface area (Å²) in [7, 11) is -3.84. The largest absolute Gasteiger partial charge is 0.462 e. The van der Waals surface area contributed by atoms with Gasteiger partial charge in [0.25, 0.3) is 0 Å². The molecule has 1 atom stereocenters. The van der Waals surface area contributed by atoms with Gasteiger partial charge in [0.05, 0.1) is 18.2 Å². The van der Waals surface area contributed by atoms with Crippen molar-refractivity contribution in [3.63, 3.8) is 0 Å². The van der Waals surface area contributed by atoms with E-state index in [1.165, 1.54) is 0 Å². The smallest absolute Gasteiger partial charge is 0.341 e. The fourth-order valence-corrected chi connectivity index (χ4v) is 3.89. The minimum absolute atomic E-state index is 0.172. The standard InChI is InChI=1S/C12H16N2O4S2/c1-4-9(7-13)20(16,17)14-11-10(6-8(3)19-11)12(15)18-5-2/h6,9,14H,4-5H2,1-3H3. The first-order valence-electron chi connectivity index (χ1n) is 6.04. The molecule has 0 fully saturated rings. The third-order valence-corrected chi connectivity index (χ3v) is 5.25. The minimum Gasteiger partial charge on any atom is -0.462 e. The van der Waals surface area contributed by atoms with Crippen LogP contribution in [-0.4, -0.2) is 26.2 Å². The summed E-state index contributed by atoms with van der Waals surface area (Å²) in [6, 6.07) is 3.29. The first-order chi connectivity index (χ1) is 9.35. The van der Waals surface area contributed by atoms with Gasteiger partial charge in [0, 0.05) is 4.88 Å². The average Bonchev–Trinajstić information content (AvgIpc) is 2.70. The van der Waals surface area contributed by atoms with Crippen LogP contribution in [0.5, 0.6) is 0 Å². The molecule has 8 heteroatoms. The highest BCUT2D eigenvalue weighted by Gasteiger charge is 2.26. The van der Waals surface area contributed by atoms with E-state index in [9.17, 15) is 13.2 Å². The van der Waals surface area contributed by atoms with E-state index in [1.807, 2.05) is 0 Å². The van der Waals surface area contributed by atoms with E-state index in [2.05, 4.69) is 4.72 Å². The summed E-state index contributed by atoms with van der Waals surface area (Å²) in [5, 5.41) is 7.89. The summed E-state index contributed by atoms with van der Waals surface area (Å²) in [6.45, 7) is 5.24. The van der Waals surface area contributed by atoms with Crippen LogP contribution in [0, 0.1) is 18.3 Å². The average molecular weight is 316 g/mol. The summed E-state index contributed by atoms with van der Waals surface area (Å²) >= 11 is 1.13. The van der Waals surface area contributed by atoms with Crippen LogP contribution in [0.2, 0.25) is 0 Å². The number of hydrogen-bond acceptors (Lipinski definition) is 6. The number of esters is 1. The molecule has 0 radical (unpaired) electrons. The second kappa shape index (κ2) is 6.72. The summed E-state index contributed by atoms with van der Waals surface area (Å²) in [4.78, 5) is 12.5. The summed E-state index contributed by atoms with van der Waals surface area (Å²) in [5.74, 6) is -0.584. The van der Waals surface area contributed by atoms with E-state index in [0.717, 1.165) is 16.2 Å². The van der Waals surface area contributed by atoms with Crippen LogP contribution in [0.25, 0.3) is 0 Å². The van der Waals surface area contributed by atoms with Gasteiger partial charge in [0.1, 0.15) is 5.00 Å². The number of carbonyl (C=O) groups excluding carboxylic acids is 1. The Kier molecular flexibility index (Phi) is 5.53. The van der Waals surface area contributed by atoms with Gasteiger partial charge in [-0.15, -0.1) is 11.3 Å². The van der Waals surface area contributed by atoms with Gasteiger partial charge >= 0.3 is 5.97 Å². The quantitative estimate of drug-likeness (QED) is 0.812. The molecule has 1 aromatic rings. The molecule has 0 saturated carbocycles. The fraction of sp³-hybridized carbons (Fsp3) is 0.500. The van der Waals surface area contributed by atoms with Crippen LogP contribution in [0.3, 0.4) is 0 Å². The molecule has 1 rings (SSSR count). The zero-order chi connectivity index (χ0) is 15.3. The van der Waals surface area contributed by atoms with Crippen LogP contribution in [-0.2, 0) is 14.8 Å². The topological polar surface area (TPSA) is 96.3 Å². The Morgan fingerprint density at radius 3 is 2.70 bits per heavy atom. The van der Waals surface area contributed by atoms with Crippen molar-refractivity contribution in [2.75, 3.05) is 11.3 Å². The molecule has 0 bridgehead atoms. The van der Waals surface area contributed by atoms with E-state index < -0.39 is 21.2 Å². The summed E-state index contributed by atoms with van der Waals surface area (Å²) < 4.78 is 31.2. The SMILES string of the molecule is CCOC(=O)c1cc(C)sc1NS(=O)(=O)C(C#N)CC. The van der Waals surface area contributed by atoms with E-state index in [0.29, 0.717) is 0 Å². The number of nitrogens with one attached hydrogen (secondary N) is 1. The zero-order valence-corrected chi connectivity index (χ0v) is 13.1. The minimum atomic E-state index is -3.84. The lowest BCUT2D eigenvalue weighted by molar-refractivity contribution is 0.0528. The Bertz CT molecular complexity index is 628. The van der Waals surface area contributed by atoms with Gasteiger partial charge in [-0.2, -0.15) is 5.26 Å². The third kappa shape index (κ3) is 3.71. The van der Waals surface area contributed by atoms with Gasteiger partial charge in [0.15, 0.2) is 5.25 Å². The second-order valence-corrected chi connectivity index (χ2v) is 7.11. The molecular weight excluding hydrogens is 300 g/mol. The lowest BCUT2D eigenvalue weighted by Crippen LogP contribution is -2.26. The number of nitriles is 1. The fourth-order valence-electron chi connectivity index (χ4n) is 1.53. The molecule has 0 aliphatic rings. The predicted molar refractivity (Wildman–Crippen MR) is 77.2 cm³/mol. The maximum Gasteiger partial charge on any atom is 0.341 e. The Balaban J connectivity index is 3.10.